The molecule has 0 atom stereocenters. The Morgan fingerprint density at radius 2 is 1.38 bits per heavy atom. The Bertz CT molecular complexity index is 260. The van der Waals surface area contributed by atoms with Gasteiger partial charge in [-0.25, -0.2) is 0 Å². The molecule has 0 unspecified atom stereocenters. The van der Waals surface area contributed by atoms with Gasteiger partial charge in [-0.05, 0) is 12.8 Å². The quantitative estimate of drug-likeness (QED) is 0.317. The number of carbonyl (C=O) groups is 2. The first kappa shape index (κ1) is 24.0. The Labute approximate surface area is 172 Å². The normalized spacial score (nSPS) is 10.1. The topological polar surface area (TPSA) is 69.2 Å². The molecule has 0 amide bonds. The molecule has 0 rings (SSSR count). The van der Waals surface area contributed by atoms with E-state index in [0.29, 0.717) is 13.0 Å². The molecule has 0 aromatic carbocycles. The van der Waals surface area contributed by atoms with Crippen molar-refractivity contribution >= 4 is 11.8 Å². The summed E-state index contributed by atoms with van der Waals surface area (Å²) in [5.41, 5.74) is 0. The van der Waals surface area contributed by atoms with E-state index in [0.717, 1.165) is 12.8 Å². The molecule has 118 valence electrons. The van der Waals surface area contributed by atoms with Crippen molar-refractivity contribution < 1.29 is 66.1 Å². The summed E-state index contributed by atoms with van der Waals surface area (Å²) in [6.45, 7) is 2.82. The van der Waals surface area contributed by atoms with Crippen molar-refractivity contribution in [3.05, 3.63) is 0 Å². The first-order valence-corrected chi connectivity index (χ1v) is 8.09. The van der Waals surface area contributed by atoms with E-state index in [9.17, 15) is 14.7 Å². The van der Waals surface area contributed by atoms with E-state index in [1.807, 2.05) is 0 Å². The van der Waals surface area contributed by atoms with Gasteiger partial charge < -0.3 is 15.2 Å². The van der Waals surface area contributed by atoms with Crippen LogP contribution in [0.3, 0.4) is 0 Å². The maximum Gasteiger partial charge on any atom is 1.00 e. The van der Waals surface area contributed by atoms with E-state index in [4.69, 9.17) is 0 Å². The second-order valence-electron chi connectivity index (χ2n) is 5.42. The summed E-state index contributed by atoms with van der Waals surface area (Å²) in [6, 6.07) is 0. The number of hydrogen-bond donors (Lipinski definition) is 1. The van der Waals surface area contributed by atoms with Crippen molar-refractivity contribution in [3.63, 3.8) is 0 Å². The number of ketones is 1. The van der Waals surface area contributed by atoms with Gasteiger partial charge in [0.05, 0.1) is 6.54 Å². The summed E-state index contributed by atoms with van der Waals surface area (Å²) >= 11 is 0. The minimum Gasteiger partial charge on any atom is -0.550 e. The minimum absolute atomic E-state index is 0. The summed E-state index contributed by atoms with van der Waals surface area (Å²) in [6.07, 6.45) is 11.8. The summed E-state index contributed by atoms with van der Waals surface area (Å²) in [4.78, 5) is 21.6. The maximum atomic E-state index is 11.5. The van der Waals surface area contributed by atoms with Gasteiger partial charge in [0.15, 0.2) is 0 Å². The summed E-state index contributed by atoms with van der Waals surface area (Å²) < 4.78 is 0. The molecule has 0 aliphatic carbocycles. The van der Waals surface area contributed by atoms with Crippen LogP contribution in [-0.4, -0.2) is 24.8 Å². The van der Waals surface area contributed by atoms with Gasteiger partial charge in [-0.3, -0.25) is 4.79 Å². The molecule has 0 aromatic heterocycles. The van der Waals surface area contributed by atoms with Crippen LogP contribution in [0, 0.1) is 0 Å². The van der Waals surface area contributed by atoms with Gasteiger partial charge in [-0.2, -0.15) is 0 Å². The van der Waals surface area contributed by atoms with Gasteiger partial charge in [-0.15, -0.1) is 0 Å². The number of Topliss-reactive ketones (excluding diaryl/α,β-unsaturated/α-hetero) is 1. The third-order valence-corrected chi connectivity index (χ3v) is 3.39. The largest absolute Gasteiger partial charge is 1.00 e. The van der Waals surface area contributed by atoms with E-state index >= 15 is 0 Å². The SMILES string of the molecule is CCCCCCCCCCCC(=O)CNCCC(=O)[O-].[K+]. The molecule has 0 aliphatic rings. The van der Waals surface area contributed by atoms with Crippen molar-refractivity contribution in [1.82, 2.24) is 5.32 Å². The number of rotatable bonds is 15. The molecule has 4 nitrogen and oxygen atoms in total. The number of carboxylic acid groups (broad SMARTS) is 1. The van der Waals surface area contributed by atoms with E-state index < -0.39 is 5.97 Å². The van der Waals surface area contributed by atoms with Gasteiger partial charge in [-0.1, -0.05) is 58.3 Å². The second-order valence-corrected chi connectivity index (χ2v) is 5.42. The molecule has 0 aliphatic heterocycles. The van der Waals surface area contributed by atoms with Crippen LogP contribution in [0.2, 0.25) is 0 Å². The monoisotopic (exact) mass is 323 g/mol. The van der Waals surface area contributed by atoms with Gasteiger partial charge in [0.25, 0.3) is 0 Å². The van der Waals surface area contributed by atoms with Crippen LogP contribution in [0.5, 0.6) is 0 Å². The first-order valence-electron chi connectivity index (χ1n) is 8.09. The molecule has 0 radical (unpaired) electrons. The average Bonchev–Trinajstić information content (AvgIpc) is 2.41. The van der Waals surface area contributed by atoms with Crippen molar-refractivity contribution in [2.24, 2.45) is 0 Å². The van der Waals surface area contributed by atoms with Crippen molar-refractivity contribution in [3.8, 4) is 0 Å². The van der Waals surface area contributed by atoms with Crippen LogP contribution in [0.1, 0.15) is 77.6 Å². The second kappa shape index (κ2) is 18.8. The summed E-state index contributed by atoms with van der Waals surface area (Å²) in [5, 5.41) is 13.0. The Morgan fingerprint density at radius 1 is 0.857 bits per heavy atom. The molecule has 0 saturated heterocycles. The molecule has 0 aromatic rings. The van der Waals surface area contributed by atoms with E-state index in [-0.39, 0.29) is 70.1 Å². The molecule has 5 heteroatoms. The third kappa shape index (κ3) is 20.7. The fourth-order valence-electron chi connectivity index (χ4n) is 2.14. The van der Waals surface area contributed by atoms with Crippen LogP contribution < -0.4 is 61.8 Å². The molecule has 0 heterocycles. The van der Waals surface area contributed by atoms with Gasteiger partial charge in [0.1, 0.15) is 5.78 Å². The van der Waals surface area contributed by atoms with Crippen molar-refractivity contribution in [2.45, 2.75) is 77.6 Å². The van der Waals surface area contributed by atoms with Crippen molar-refractivity contribution in [2.75, 3.05) is 13.1 Å². The van der Waals surface area contributed by atoms with Crippen LogP contribution in [0.4, 0.5) is 0 Å². The molecule has 0 bridgehead atoms. The Morgan fingerprint density at radius 3 is 1.90 bits per heavy atom. The number of carboxylic acids is 1. The average molecular weight is 324 g/mol. The zero-order valence-electron chi connectivity index (χ0n) is 13.9. The van der Waals surface area contributed by atoms with E-state index in [2.05, 4.69) is 12.2 Å². The Kier molecular flexibility index (Phi) is 21.5. The van der Waals surface area contributed by atoms with Crippen LogP contribution in [0.15, 0.2) is 0 Å². The summed E-state index contributed by atoms with van der Waals surface area (Å²) in [5.74, 6) is -0.907. The Hall–Kier alpha value is 0.736. The molecule has 0 saturated carbocycles. The number of unbranched alkanes of at least 4 members (excludes halogenated alkanes) is 8. The number of carbonyl (C=O) groups excluding carboxylic acids is 2. The predicted molar refractivity (Wildman–Crippen MR) is 79.3 cm³/mol. The first-order chi connectivity index (χ1) is 9.66. The number of aliphatic carboxylic acids is 1. The third-order valence-electron chi connectivity index (χ3n) is 3.39. The van der Waals surface area contributed by atoms with Gasteiger partial charge >= 0.3 is 51.4 Å². The zero-order valence-corrected chi connectivity index (χ0v) is 17.0. The minimum atomic E-state index is -1.08. The van der Waals surface area contributed by atoms with Crippen LogP contribution in [0.25, 0.3) is 0 Å². The van der Waals surface area contributed by atoms with E-state index in [1.165, 1.54) is 44.9 Å². The smallest absolute Gasteiger partial charge is 0.550 e. The van der Waals surface area contributed by atoms with Gasteiger partial charge in [0.2, 0.25) is 0 Å². The molecule has 0 spiro atoms. The van der Waals surface area contributed by atoms with E-state index in [1.54, 1.807) is 0 Å². The Balaban J connectivity index is 0. The number of nitrogens with one attached hydrogen (secondary N) is 1. The van der Waals surface area contributed by atoms with Crippen molar-refractivity contribution in [1.29, 1.82) is 0 Å². The van der Waals surface area contributed by atoms with Crippen LogP contribution >= 0.6 is 0 Å². The summed E-state index contributed by atoms with van der Waals surface area (Å²) in [7, 11) is 0. The fourth-order valence-corrected chi connectivity index (χ4v) is 2.14. The number of hydrogen-bond acceptors (Lipinski definition) is 4. The zero-order chi connectivity index (χ0) is 15.1. The maximum absolute atomic E-state index is 11.5. The molecule has 1 N–H and O–H groups in total. The standard InChI is InChI=1S/C16H31NO3.K/c1-2-3-4-5-6-7-8-9-10-11-15(18)14-17-13-12-16(19)20;/h17H,2-14H2,1H3,(H,19,20);/q;+1/p-1. The fraction of sp³-hybridized carbons (Fsp3) is 0.875. The van der Waals surface area contributed by atoms with Crippen LogP contribution in [-0.2, 0) is 9.59 Å². The molecular weight excluding hydrogens is 293 g/mol. The molecule has 0 fully saturated rings. The molecule has 21 heavy (non-hydrogen) atoms. The molecular formula is C16H30KNO3. The van der Waals surface area contributed by atoms with Gasteiger partial charge in [0, 0.05) is 18.9 Å². The predicted octanol–water partition coefficient (Wildman–Crippen LogP) is -0.790.